The molecule has 1 aromatic heterocycles. The number of ether oxygens (including phenoxy) is 2. The first-order chi connectivity index (χ1) is 14.1. The fraction of sp³-hybridized carbons (Fsp3) is 0.217. The van der Waals surface area contributed by atoms with Crippen LogP contribution in [0.2, 0.25) is 0 Å². The molecule has 0 aliphatic carbocycles. The van der Waals surface area contributed by atoms with Crippen LogP contribution in [-0.4, -0.2) is 17.7 Å². The Kier molecular flexibility index (Phi) is 5.33. The zero-order valence-corrected chi connectivity index (χ0v) is 16.4. The third-order valence-electron chi connectivity index (χ3n) is 4.76. The number of hydrogen-bond acceptors (Lipinski definition) is 5. The summed E-state index contributed by atoms with van der Waals surface area (Å²) in [6.45, 7) is 5.03. The second kappa shape index (κ2) is 8.22. The number of nitrogens with one attached hydrogen (secondary N) is 2. The molecule has 1 aliphatic heterocycles. The highest BCUT2D eigenvalue weighted by Gasteiger charge is 2.14. The molecule has 2 N–H and O–H groups in total. The third kappa shape index (κ3) is 4.32. The number of amides is 1. The van der Waals surface area contributed by atoms with Crippen LogP contribution >= 0.6 is 0 Å². The summed E-state index contributed by atoms with van der Waals surface area (Å²) >= 11 is 0. The van der Waals surface area contributed by atoms with E-state index >= 15 is 0 Å². The highest BCUT2D eigenvalue weighted by atomic mass is 16.7. The van der Waals surface area contributed by atoms with Crippen LogP contribution in [0.25, 0.3) is 0 Å². The van der Waals surface area contributed by atoms with Crippen molar-refractivity contribution in [2.45, 2.75) is 26.3 Å². The van der Waals surface area contributed by atoms with Crippen molar-refractivity contribution in [2.24, 2.45) is 0 Å². The van der Waals surface area contributed by atoms with Gasteiger partial charge in [-0.15, -0.1) is 0 Å². The van der Waals surface area contributed by atoms with Crippen molar-refractivity contribution >= 4 is 17.4 Å². The summed E-state index contributed by atoms with van der Waals surface area (Å²) in [7, 11) is 0. The van der Waals surface area contributed by atoms with E-state index in [1.54, 1.807) is 18.3 Å². The van der Waals surface area contributed by atoms with Gasteiger partial charge in [0.1, 0.15) is 5.82 Å². The van der Waals surface area contributed by atoms with Gasteiger partial charge in [-0.1, -0.05) is 38.1 Å². The van der Waals surface area contributed by atoms with Crippen molar-refractivity contribution in [3.63, 3.8) is 0 Å². The van der Waals surface area contributed by atoms with Crippen LogP contribution in [0, 0.1) is 0 Å². The molecule has 2 aromatic carbocycles. The Labute approximate surface area is 169 Å². The second-order valence-electron chi connectivity index (χ2n) is 7.17. The molecule has 29 heavy (non-hydrogen) atoms. The Balaban J connectivity index is 1.44. The average Bonchev–Trinajstić information content (AvgIpc) is 3.20. The first-order valence-corrected chi connectivity index (χ1v) is 9.59. The minimum absolute atomic E-state index is 0.161. The lowest BCUT2D eigenvalue weighted by atomic mass is 10.0. The van der Waals surface area contributed by atoms with Gasteiger partial charge in [0.2, 0.25) is 6.79 Å². The topological polar surface area (TPSA) is 72.5 Å². The maximum absolute atomic E-state index is 12.7. The molecular formula is C23H23N3O3. The summed E-state index contributed by atoms with van der Waals surface area (Å²) in [6.07, 6.45) is 1.63. The minimum atomic E-state index is -0.161. The first kappa shape index (κ1) is 18.8. The lowest BCUT2D eigenvalue weighted by molar-refractivity contribution is 0.102. The predicted octanol–water partition coefficient (Wildman–Crippen LogP) is 4.80. The maximum atomic E-state index is 12.7. The highest BCUT2D eigenvalue weighted by molar-refractivity contribution is 6.05. The Morgan fingerprint density at radius 1 is 1.07 bits per heavy atom. The summed E-state index contributed by atoms with van der Waals surface area (Å²) in [5, 5.41) is 6.27. The Morgan fingerprint density at radius 3 is 2.76 bits per heavy atom. The number of hydrogen-bond donors (Lipinski definition) is 2. The molecule has 0 bridgehead atoms. The van der Waals surface area contributed by atoms with Gasteiger partial charge in [-0.05, 0) is 47.4 Å². The molecule has 1 amide bonds. The molecule has 0 saturated carbocycles. The monoisotopic (exact) mass is 389 g/mol. The molecule has 1 aliphatic rings. The van der Waals surface area contributed by atoms with Gasteiger partial charge < -0.3 is 20.1 Å². The molecule has 0 saturated heterocycles. The van der Waals surface area contributed by atoms with Crippen molar-refractivity contribution < 1.29 is 14.3 Å². The standard InChI is InChI=1S/C23H23N3O3/c1-15(2)18-5-3-4-6-19(18)26-23(27)17-9-10-24-22(12-17)25-13-16-7-8-20-21(11-16)29-14-28-20/h3-12,15H,13-14H2,1-2H3,(H,24,25)(H,26,27). The maximum Gasteiger partial charge on any atom is 0.255 e. The van der Waals surface area contributed by atoms with E-state index in [1.165, 1.54) is 0 Å². The van der Waals surface area contributed by atoms with Crippen LogP contribution in [0.5, 0.6) is 11.5 Å². The highest BCUT2D eigenvalue weighted by Crippen LogP contribution is 2.32. The van der Waals surface area contributed by atoms with Gasteiger partial charge in [-0.3, -0.25) is 4.79 Å². The number of pyridine rings is 1. The molecule has 6 heteroatoms. The molecule has 0 fully saturated rings. The molecule has 6 nitrogen and oxygen atoms in total. The quantitative estimate of drug-likeness (QED) is 0.634. The molecule has 0 radical (unpaired) electrons. The Hall–Kier alpha value is -3.54. The largest absolute Gasteiger partial charge is 0.454 e. The van der Waals surface area contributed by atoms with Crippen LogP contribution in [0.1, 0.15) is 41.3 Å². The van der Waals surface area contributed by atoms with Crippen molar-refractivity contribution in [2.75, 3.05) is 17.4 Å². The summed E-state index contributed by atoms with van der Waals surface area (Å²) in [4.78, 5) is 17.1. The van der Waals surface area contributed by atoms with Gasteiger partial charge in [-0.2, -0.15) is 0 Å². The summed E-state index contributed by atoms with van der Waals surface area (Å²) in [6, 6.07) is 17.1. The van der Waals surface area contributed by atoms with Crippen molar-refractivity contribution in [3.05, 3.63) is 77.5 Å². The van der Waals surface area contributed by atoms with Gasteiger partial charge in [0.15, 0.2) is 11.5 Å². The smallest absolute Gasteiger partial charge is 0.255 e. The molecule has 0 atom stereocenters. The van der Waals surface area contributed by atoms with Gasteiger partial charge in [0.25, 0.3) is 5.91 Å². The molecule has 0 spiro atoms. The zero-order valence-electron chi connectivity index (χ0n) is 16.4. The number of carbonyl (C=O) groups is 1. The number of rotatable bonds is 6. The average molecular weight is 389 g/mol. The summed E-state index contributed by atoms with van der Waals surface area (Å²) < 4.78 is 10.7. The fourth-order valence-corrected chi connectivity index (χ4v) is 3.22. The molecule has 4 rings (SSSR count). The van der Waals surface area contributed by atoms with Crippen molar-refractivity contribution in [1.29, 1.82) is 0 Å². The number of carbonyl (C=O) groups excluding carboxylic acids is 1. The van der Waals surface area contributed by atoms with Gasteiger partial charge >= 0.3 is 0 Å². The second-order valence-corrected chi connectivity index (χ2v) is 7.17. The van der Waals surface area contributed by atoms with Crippen molar-refractivity contribution in [3.8, 4) is 11.5 Å². The lowest BCUT2D eigenvalue weighted by Crippen LogP contribution is -2.14. The van der Waals surface area contributed by atoms with E-state index in [1.807, 2.05) is 42.5 Å². The minimum Gasteiger partial charge on any atom is -0.454 e. The molecule has 0 unspecified atom stereocenters. The number of aromatic nitrogens is 1. The number of fused-ring (bicyclic) bond motifs is 1. The van der Waals surface area contributed by atoms with Gasteiger partial charge in [-0.25, -0.2) is 4.98 Å². The number of benzene rings is 2. The molecule has 2 heterocycles. The van der Waals surface area contributed by atoms with E-state index in [0.29, 0.717) is 23.8 Å². The van der Waals surface area contributed by atoms with E-state index in [4.69, 9.17) is 9.47 Å². The van der Waals surface area contributed by atoms with Gasteiger partial charge in [0, 0.05) is 24.0 Å². The zero-order chi connectivity index (χ0) is 20.2. The number of anilines is 2. The van der Waals surface area contributed by atoms with Crippen molar-refractivity contribution in [1.82, 2.24) is 4.98 Å². The summed E-state index contributed by atoms with van der Waals surface area (Å²) in [5.41, 5.74) is 3.53. The van der Waals surface area contributed by atoms with Crippen LogP contribution in [0.3, 0.4) is 0 Å². The van der Waals surface area contributed by atoms with Crippen LogP contribution < -0.4 is 20.1 Å². The van der Waals surface area contributed by atoms with E-state index in [-0.39, 0.29) is 12.7 Å². The SMILES string of the molecule is CC(C)c1ccccc1NC(=O)c1ccnc(NCc2ccc3c(c2)OCO3)c1. The molecular weight excluding hydrogens is 366 g/mol. The molecule has 3 aromatic rings. The Bertz CT molecular complexity index is 1030. The third-order valence-corrected chi connectivity index (χ3v) is 4.76. The first-order valence-electron chi connectivity index (χ1n) is 9.59. The number of para-hydroxylation sites is 1. The lowest BCUT2D eigenvalue weighted by Gasteiger charge is -2.14. The van der Waals surface area contributed by atoms with Gasteiger partial charge in [0.05, 0.1) is 0 Å². The van der Waals surface area contributed by atoms with E-state index in [9.17, 15) is 4.79 Å². The van der Waals surface area contributed by atoms with E-state index in [2.05, 4.69) is 29.5 Å². The van der Waals surface area contributed by atoms with Crippen LogP contribution in [0.4, 0.5) is 11.5 Å². The predicted molar refractivity (Wildman–Crippen MR) is 113 cm³/mol. The summed E-state index contributed by atoms with van der Waals surface area (Å²) in [5.74, 6) is 2.29. The van der Waals surface area contributed by atoms with E-state index in [0.717, 1.165) is 28.3 Å². The number of nitrogens with zero attached hydrogens (tertiary/aromatic N) is 1. The molecule has 148 valence electrons. The van der Waals surface area contributed by atoms with Crippen LogP contribution in [-0.2, 0) is 6.54 Å². The fourth-order valence-electron chi connectivity index (χ4n) is 3.22. The van der Waals surface area contributed by atoms with Crippen LogP contribution in [0.15, 0.2) is 60.8 Å². The normalized spacial score (nSPS) is 12.1. The Morgan fingerprint density at radius 2 is 1.90 bits per heavy atom. The van der Waals surface area contributed by atoms with E-state index < -0.39 is 0 Å².